The van der Waals surface area contributed by atoms with Gasteiger partial charge in [0.1, 0.15) is 6.04 Å². The van der Waals surface area contributed by atoms with Gasteiger partial charge in [-0.3, -0.25) is 14.4 Å². The van der Waals surface area contributed by atoms with E-state index in [9.17, 15) is 14.4 Å². The molecular formula is C19H22N4O3S. The first kappa shape index (κ1) is 17.9. The predicted octanol–water partition coefficient (Wildman–Crippen LogP) is 1.45. The molecule has 4 rings (SSSR count). The van der Waals surface area contributed by atoms with Crippen LogP contribution in [-0.4, -0.2) is 77.2 Å². The van der Waals surface area contributed by atoms with Crippen molar-refractivity contribution in [3.05, 3.63) is 29.3 Å². The van der Waals surface area contributed by atoms with Gasteiger partial charge in [-0.1, -0.05) is 12.1 Å². The maximum Gasteiger partial charge on any atom is 0.283 e. The van der Waals surface area contributed by atoms with Gasteiger partial charge in [-0.25, -0.2) is 4.98 Å². The summed E-state index contributed by atoms with van der Waals surface area (Å²) in [4.78, 5) is 47.3. The first-order valence-corrected chi connectivity index (χ1v) is 9.91. The Morgan fingerprint density at radius 2 is 2.07 bits per heavy atom. The molecule has 0 saturated carbocycles. The van der Waals surface area contributed by atoms with Crippen molar-refractivity contribution in [2.24, 2.45) is 5.92 Å². The highest BCUT2D eigenvalue weighted by Gasteiger charge is 2.44. The summed E-state index contributed by atoms with van der Waals surface area (Å²) in [6.07, 6.45) is 1.51. The smallest absolute Gasteiger partial charge is 0.283 e. The third kappa shape index (κ3) is 3.29. The highest BCUT2D eigenvalue weighted by Crippen LogP contribution is 2.32. The lowest BCUT2D eigenvalue weighted by Crippen LogP contribution is -2.61. The van der Waals surface area contributed by atoms with Crippen LogP contribution in [0.3, 0.4) is 0 Å². The van der Waals surface area contributed by atoms with Crippen molar-refractivity contribution >= 4 is 39.3 Å². The Labute approximate surface area is 161 Å². The molecule has 0 spiro atoms. The molecule has 2 saturated heterocycles. The second-order valence-electron chi connectivity index (χ2n) is 7.40. The third-order valence-corrected chi connectivity index (χ3v) is 6.37. The van der Waals surface area contributed by atoms with E-state index in [1.54, 1.807) is 23.9 Å². The SMILES string of the molecule is CN(C)C(=O)CN1C[C@H]2CCN(C(=O)c3nc4ccccc4s3)[C@H](C2)C1=O. The molecule has 0 radical (unpaired) electrons. The van der Waals surface area contributed by atoms with Crippen LogP contribution in [0.2, 0.25) is 0 Å². The van der Waals surface area contributed by atoms with E-state index < -0.39 is 6.04 Å². The third-order valence-electron chi connectivity index (χ3n) is 5.35. The zero-order valence-electron chi connectivity index (χ0n) is 15.4. The maximum absolute atomic E-state index is 13.1. The molecule has 2 atom stereocenters. The molecule has 0 aliphatic carbocycles. The van der Waals surface area contributed by atoms with Gasteiger partial charge in [0, 0.05) is 27.2 Å². The van der Waals surface area contributed by atoms with Crippen LogP contribution in [-0.2, 0) is 9.59 Å². The van der Waals surface area contributed by atoms with E-state index in [-0.39, 0.29) is 24.3 Å². The quantitative estimate of drug-likeness (QED) is 0.800. The summed E-state index contributed by atoms with van der Waals surface area (Å²) < 4.78 is 0.962. The maximum atomic E-state index is 13.1. The number of likely N-dealkylation sites (N-methyl/N-ethyl adjacent to an activating group) is 1. The lowest BCUT2D eigenvalue weighted by Gasteiger charge is -2.46. The standard InChI is InChI=1S/C19H22N4O3S/c1-21(2)16(24)11-22-10-12-7-8-23(14(9-12)18(22)25)19(26)17-20-13-5-3-4-6-15(13)27-17/h3-6,12,14H,7-11H2,1-2H3/t12-,14+/m0/s1. The molecule has 1 aromatic carbocycles. The number of piperidine rings is 2. The highest BCUT2D eigenvalue weighted by molar-refractivity contribution is 7.20. The first-order chi connectivity index (χ1) is 12.9. The van der Waals surface area contributed by atoms with Crippen molar-refractivity contribution < 1.29 is 14.4 Å². The highest BCUT2D eigenvalue weighted by atomic mass is 32.1. The monoisotopic (exact) mass is 386 g/mol. The van der Waals surface area contributed by atoms with Crippen molar-refractivity contribution in [2.45, 2.75) is 18.9 Å². The molecule has 7 nitrogen and oxygen atoms in total. The summed E-state index contributed by atoms with van der Waals surface area (Å²) in [6.45, 7) is 1.23. The molecule has 2 fully saturated rings. The summed E-state index contributed by atoms with van der Waals surface area (Å²) in [5.74, 6) is -0.0844. The summed E-state index contributed by atoms with van der Waals surface area (Å²) in [5.41, 5.74) is 0.800. The number of carbonyl (C=O) groups excluding carboxylic acids is 3. The molecule has 3 amide bonds. The Morgan fingerprint density at radius 1 is 1.30 bits per heavy atom. The number of para-hydroxylation sites is 1. The van der Waals surface area contributed by atoms with E-state index >= 15 is 0 Å². The van der Waals surface area contributed by atoms with Crippen LogP contribution in [0.5, 0.6) is 0 Å². The van der Waals surface area contributed by atoms with Gasteiger partial charge in [0.05, 0.1) is 16.8 Å². The van der Waals surface area contributed by atoms with Crippen molar-refractivity contribution in [3.8, 4) is 0 Å². The van der Waals surface area contributed by atoms with Gasteiger partial charge in [-0.2, -0.15) is 0 Å². The summed E-state index contributed by atoms with van der Waals surface area (Å²) in [7, 11) is 3.36. The molecule has 142 valence electrons. The number of likely N-dealkylation sites (tertiary alicyclic amines) is 2. The van der Waals surface area contributed by atoms with Crippen LogP contribution in [0, 0.1) is 5.92 Å². The number of rotatable bonds is 3. The molecule has 0 unspecified atom stereocenters. The number of carbonyl (C=O) groups is 3. The van der Waals surface area contributed by atoms with E-state index in [4.69, 9.17) is 0 Å². The number of nitrogens with zero attached hydrogens (tertiary/aromatic N) is 4. The average Bonchev–Trinajstić information content (AvgIpc) is 3.09. The van der Waals surface area contributed by atoms with E-state index in [1.807, 2.05) is 24.3 Å². The number of thiazole rings is 1. The Kier molecular flexibility index (Phi) is 4.59. The van der Waals surface area contributed by atoms with E-state index in [0.29, 0.717) is 30.4 Å². The molecule has 2 aromatic rings. The van der Waals surface area contributed by atoms with Gasteiger partial charge < -0.3 is 14.7 Å². The minimum atomic E-state index is -0.494. The van der Waals surface area contributed by atoms with Gasteiger partial charge in [-0.15, -0.1) is 11.3 Å². The van der Waals surface area contributed by atoms with Crippen molar-refractivity contribution in [1.82, 2.24) is 19.7 Å². The number of fused-ring (bicyclic) bond motifs is 3. The molecule has 3 heterocycles. The fraction of sp³-hybridized carbons (Fsp3) is 0.474. The molecule has 27 heavy (non-hydrogen) atoms. The fourth-order valence-electron chi connectivity index (χ4n) is 3.83. The van der Waals surface area contributed by atoms with Crippen molar-refractivity contribution in [2.75, 3.05) is 33.7 Å². The Morgan fingerprint density at radius 3 is 2.81 bits per heavy atom. The van der Waals surface area contributed by atoms with Gasteiger partial charge in [0.2, 0.25) is 11.8 Å². The Bertz CT molecular complexity index is 876. The number of hydrogen-bond acceptors (Lipinski definition) is 5. The fourth-order valence-corrected chi connectivity index (χ4v) is 4.75. The zero-order valence-corrected chi connectivity index (χ0v) is 16.2. The van der Waals surface area contributed by atoms with Gasteiger partial charge >= 0.3 is 0 Å². The number of benzene rings is 1. The molecular weight excluding hydrogens is 364 g/mol. The number of aromatic nitrogens is 1. The van der Waals surface area contributed by atoms with Crippen LogP contribution < -0.4 is 0 Å². The molecule has 2 aliphatic rings. The summed E-state index contributed by atoms with van der Waals surface area (Å²) in [5, 5.41) is 0.420. The minimum Gasteiger partial charge on any atom is -0.347 e. The van der Waals surface area contributed by atoms with Crippen LogP contribution in [0.1, 0.15) is 22.6 Å². The van der Waals surface area contributed by atoms with Gasteiger partial charge in [0.25, 0.3) is 5.91 Å². The minimum absolute atomic E-state index is 0.0714. The normalized spacial score (nSPS) is 22.2. The van der Waals surface area contributed by atoms with E-state index in [1.165, 1.54) is 16.2 Å². The lowest BCUT2D eigenvalue weighted by atomic mass is 9.85. The van der Waals surface area contributed by atoms with Gasteiger partial charge in [0.15, 0.2) is 5.01 Å². The first-order valence-electron chi connectivity index (χ1n) is 9.09. The Hall–Kier alpha value is -2.48. The number of amides is 3. The predicted molar refractivity (Wildman–Crippen MR) is 102 cm³/mol. The average molecular weight is 386 g/mol. The molecule has 2 bridgehead atoms. The number of hydrogen-bond donors (Lipinski definition) is 0. The topological polar surface area (TPSA) is 73.8 Å². The second-order valence-corrected chi connectivity index (χ2v) is 8.43. The van der Waals surface area contributed by atoms with Crippen LogP contribution in [0.4, 0.5) is 0 Å². The molecule has 1 aromatic heterocycles. The van der Waals surface area contributed by atoms with Crippen molar-refractivity contribution in [1.29, 1.82) is 0 Å². The van der Waals surface area contributed by atoms with Gasteiger partial charge in [-0.05, 0) is 30.9 Å². The molecule has 2 aliphatic heterocycles. The summed E-state index contributed by atoms with van der Waals surface area (Å²) >= 11 is 1.36. The lowest BCUT2D eigenvalue weighted by molar-refractivity contribution is -0.148. The van der Waals surface area contributed by atoms with Crippen LogP contribution in [0.25, 0.3) is 10.2 Å². The van der Waals surface area contributed by atoms with Crippen LogP contribution >= 0.6 is 11.3 Å². The Balaban J connectivity index is 1.56. The van der Waals surface area contributed by atoms with Crippen molar-refractivity contribution in [3.63, 3.8) is 0 Å². The summed E-state index contributed by atoms with van der Waals surface area (Å²) in [6, 6.07) is 7.15. The second kappa shape index (κ2) is 6.92. The molecule has 8 heteroatoms. The van der Waals surface area contributed by atoms with E-state index in [0.717, 1.165) is 16.6 Å². The molecule has 0 N–H and O–H groups in total. The van der Waals surface area contributed by atoms with Crippen LogP contribution in [0.15, 0.2) is 24.3 Å². The largest absolute Gasteiger partial charge is 0.347 e. The van der Waals surface area contributed by atoms with E-state index in [2.05, 4.69) is 4.98 Å². The zero-order chi connectivity index (χ0) is 19.1.